The molecule has 0 aliphatic carbocycles. The van der Waals surface area contributed by atoms with Crippen molar-refractivity contribution in [3.05, 3.63) is 70.6 Å². The van der Waals surface area contributed by atoms with E-state index < -0.39 is 0 Å². The van der Waals surface area contributed by atoms with E-state index in [1.165, 1.54) is 6.08 Å². The van der Waals surface area contributed by atoms with Crippen LogP contribution in [0.25, 0.3) is 12.0 Å². The van der Waals surface area contributed by atoms with Crippen LogP contribution < -0.4 is 5.32 Å². The molecule has 1 aromatic carbocycles. The van der Waals surface area contributed by atoms with Crippen molar-refractivity contribution in [2.75, 3.05) is 5.32 Å². The molecule has 0 unspecified atom stereocenters. The molecule has 6 nitrogen and oxygen atoms in total. The smallest absolute Gasteiger partial charge is 0.252 e. The van der Waals surface area contributed by atoms with Gasteiger partial charge in [-0.1, -0.05) is 54.9 Å². The van der Waals surface area contributed by atoms with Crippen molar-refractivity contribution < 1.29 is 4.79 Å². The van der Waals surface area contributed by atoms with Crippen LogP contribution in [0.2, 0.25) is 0 Å². The average molecular weight is 426 g/mol. The Kier molecular flexibility index (Phi) is 5.51. The molecule has 3 rings (SSSR count). The van der Waals surface area contributed by atoms with Crippen molar-refractivity contribution in [3.8, 4) is 5.95 Å². The van der Waals surface area contributed by atoms with E-state index in [2.05, 4.69) is 57.1 Å². The molecule has 0 atom stereocenters. The Morgan fingerprint density at radius 3 is 2.52 bits per heavy atom. The highest BCUT2D eigenvalue weighted by molar-refractivity contribution is 9.10. The molecular weight excluding hydrogens is 406 g/mol. The number of aromatic nitrogens is 4. The van der Waals surface area contributed by atoms with Crippen molar-refractivity contribution in [2.45, 2.75) is 26.2 Å². The molecule has 1 amide bonds. The Balaban J connectivity index is 1.88. The van der Waals surface area contributed by atoms with Gasteiger partial charge in [-0.15, -0.1) is 0 Å². The SMILES string of the molecule is CC(C)(C)c1cc(NC(=O)/C=C/c2ccccc2Br)n(-c2ncccn2)n1. The van der Waals surface area contributed by atoms with E-state index in [4.69, 9.17) is 0 Å². The van der Waals surface area contributed by atoms with Gasteiger partial charge in [-0.05, 0) is 23.8 Å². The topological polar surface area (TPSA) is 72.7 Å². The van der Waals surface area contributed by atoms with E-state index in [-0.39, 0.29) is 11.3 Å². The predicted molar refractivity (Wildman–Crippen MR) is 110 cm³/mol. The second kappa shape index (κ2) is 7.84. The Morgan fingerprint density at radius 2 is 1.85 bits per heavy atom. The Bertz CT molecular complexity index is 974. The molecule has 0 spiro atoms. The van der Waals surface area contributed by atoms with Crippen LogP contribution in [0.1, 0.15) is 32.0 Å². The summed E-state index contributed by atoms with van der Waals surface area (Å²) in [5.74, 6) is 0.661. The normalized spacial score (nSPS) is 11.7. The Labute approximate surface area is 166 Å². The standard InChI is InChI=1S/C20H20BrN5O/c1-20(2,3)16-13-17(26(25-16)19-22-11-6-12-23-19)24-18(27)10-9-14-7-4-5-8-15(14)21/h4-13H,1-3H3,(H,24,27)/b10-9+. The monoisotopic (exact) mass is 425 g/mol. The van der Waals surface area contributed by atoms with Crippen LogP contribution in [0, 0.1) is 0 Å². The molecule has 27 heavy (non-hydrogen) atoms. The number of nitrogens with zero attached hydrogens (tertiary/aromatic N) is 4. The van der Waals surface area contributed by atoms with E-state index in [1.54, 1.807) is 29.2 Å². The van der Waals surface area contributed by atoms with Gasteiger partial charge in [0.2, 0.25) is 5.91 Å². The van der Waals surface area contributed by atoms with Crippen molar-refractivity contribution in [2.24, 2.45) is 0 Å². The first kappa shape index (κ1) is 19.0. The minimum atomic E-state index is -0.261. The first-order valence-electron chi connectivity index (χ1n) is 8.46. The first-order chi connectivity index (χ1) is 12.8. The summed E-state index contributed by atoms with van der Waals surface area (Å²) >= 11 is 3.47. The second-order valence-electron chi connectivity index (χ2n) is 6.97. The van der Waals surface area contributed by atoms with Crippen LogP contribution in [-0.4, -0.2) is 25.7 Å². The molecule has 0 bridgehead atoms. The fourth-order valence-electron chi connectivity index (χ4n) is 2.33. The van der Waals surface area contributed by atoms with Gasteiger partial charge >= 0.3 is 0 Å². The number of anilines is 1. The lowest BCUT2D eigenvalue weighted by molar-refractivity contribution is -0.111. The minimum Gasteiger partial charge on any atom is -0.307 e. The lowest BCUT2D eigenvalue weighted by atomic mass is 9.92. The van der Waals surface area contributed by atoms with Gasteiger partial charge in [0, 0.05) is 34.4 Å². The predicted octanol–water partition coefficient (Wildman–Crippen LogP) is 4.37. The van der Waals surface area contributed by atoms with E-state index in [0.717, 1.165) is 15.7 Å². The number of amides is 1. The lowest BCUT2D eigenvalue weighted by Gasteiger charge is -2.13. The number of carbonyl (C=O) groups excluding carboxylic acids is 1. The molecule has 0 aliphatic rings. The summed E-state index contributed by atoms with van der Waals surface area (Å²) in [6.45, 7) is 6.18. The van der Waals surface area contributed by atoms with Crippen molar-refractivity contribution in [3.63, 3.8) is 0 Å². The van der Waals surface area contributed by atoms with Gasteiger partial charge < -0.3 is 5.32 Å². The van der Waals surface area contributed by atoms with Gasteiger partial charge in [0.25, 0.3) is 5.95 Å². The highest BCUT2D eigenvalue weighted by Crippen LogP contribution is 2.25. The van der Waals surface area contributed by atoms with E-state index in [9.17, 15) is 4.79 Å². The van der Waals surface area contributed by atoms with E-state index in [1.807, 2.05) is 30.3 Å². The Hall–Kier alpha value is -2.80. The Morgan fingerprint density at radius 1 is 1.15 bits per heavy atom. The van der Waals surface area contributed by atoms with Gasteiger partial charge in [0.15, 0.2) is 0 Å². The molecule has 138 valence electrons. The van der Waals surface area contributed by atoms with Crippen molar-refractivity contribution >= 4 is 33.7 Å². The van der Waals surface area contributed by atoms with Crippen LogP contribution >= 0.6 is 15.9 Å². The van der Waals surface area contributed by atoms with Gasteiger partial charge in [0.05, 0.1) is 5.69 Å². The molecule has 0 saturated carbocycles. The second-order valence-corrected chi connectivity index (χ2v) is 7.82. The third kappa shape index (κ3) is 4.68. The highest BCUT2D eigenvalue weighted by atomic mass is 79.9. The maximum atomic E-state index is 12.4. The number of hydrogen-bond donors (Lipinski definition) is 1. The molecule has 0 radical (unpaired) electrons. The summed E-state index contributed by atoms with van der Waals surface area (Å²) in [6, 6.07) is 11.3. The minimum absolute atomic E-state index is 0.176. The lowest BCUT2D eigenvalue weighted by Crippen LogP contribution is -2.14. The zero-order valence-electron chi connectivity index (χ0n) is 15.3. The highest BCUT2D eigenvalue weighted by Gasteiger charge is 2.22. The number of carbonyl (C=O) groups is 1. The van der Waals surface area contributed by atoms with E-state index >= 15 is 0 Å². The van der Waals surface area contributed by atoms with Crippen LogP contribution in [-0.2, 0) is 10.2 Å². The largest absolute Gasteiger partial charge is 0.307 e. The van der Waals surface area contributed by atoms with Gasteiger partial charge in [-0.3, -0.25) is 4.79 Å². The number of rotatable bonds is 4. The summed E-state index contributed by atoms with van der Waals surface area (Å²) in [5.41, 5.74) is 1.58. The maximum absolute atomic E-state index is 12.4. The third-order valence-electron chi connectivity index (χ3n) is 3.79. The summed E-state index contributed by atoms with van der Waals surface area (Å²) < 4.78 is 2.47. The van der Waals surface area contributed by atoms with Crippen molar-refractivity contribution in [1.29, 1.82) is 0 Å². The fourth-order valence-corrected chi connectivity index (χ4v) is 2.75. The maximum Gasteiger partial charge on any atom is 0.252 e. The quantitative estimate of drug-likeness (QED) is 0.629. The molecule has 2 aromatic heterocycles. The van der Waals surface area contributed by atoms with Crippen LogP contribution in [0.15, 0.2) is 59.3 Å². The third-order valence-corrected chi connectivity index (χ3v) is 4.51. The van der Waals surface area contributed by atoms with E-state index in [0.29, 0.717) is 11.8 Å². The van der Waals surface area contributed by atoms with Gasteiger partial charge in [-0.2, -0.15) is 9.78 Å². The summed E-state index contributed by atoms with van der Waals surface area (Å²) in [7, 11) is 0. The zero-order chi connectivity index (χ0) is 19.4. The molecule has 2 heterocycles. The van der Waals surface area contributed by atoms with Crippen LogP contribution in [0.3, 0.4) is 0 Å². The zero-order valence-corrected chi connectivity index (χ0v) is 16.9. The number of nitrogens with one attached hydrogen (secondary N) is 1. The van der Waals surface area contributed by atoms with Crippen LogP contribution in [0.4, 0.5) is 5.82 Å². The first-order valence-corrected chi connectivity index (χ1v) is 9.25. The molecular formula is C20H20BrN5O. The molecule has 1 N–H and O–H groups in total. The molecule has 3 aromatic rings. The molecule has 0 aliphatic heterocycles. The molecule has 7 heteroatoms. The van der Waals surface area contributed by atoms with Crippen LogP contribution in [0.5, 0.6) is 0 Å². The molecule has 0 fully saturated rings. The molecule has 0 saturated heterocycles. The number of halogens is 1. The number of hydrogen-bond acceptors (Lipinski definition) is 4. The number of benzene rings is 1. The fraction of sp³-hybridized carbons (Fsp3) is 0.200. The van der Waals surface area contributed by atoms with Gasteiger partial charge in [-0.25, -0.2) is 9.97 Å². The summed E-state index contributed by atoms with van der Waals surface area (Å²) in [5, 5.41) is 7.45. The average Bonchev–Trinajstić information content (AvgIpc) is 3.06. The van der Waals surface area contributed by atoms with Gasteiger partial charge in [0.1, 0.15) is 5.82 Å². The van der Waals surface area contributed by atoms with Crippen molar-refractivity contribution in [1.82, 2.24) is 19.7 Å². The summed E-state index contributed by atoms with van der Waals surface area (Å²) in [6.07, 6.45) is 6.52. The summed E-state index contributed by atoms with van der Waals surface area (Å²) in [4.78, 5) is 20.9.